The zero-order chi connectivity index (χ0) is 29.5. The molecule has 42 heavy (non-hydrogen) atoms. The summed E-state index contributed by atoms with van der Waals surface area (Å²) in [5.41, 5.74) is 2.20. The average molecular weight is 573 g/mol. The smallest absolute Gasteiger partial charge is 0.338 e. The van der Waals surface area contributed by atoms with Crippen LogP contribution in [0.15, 0.2) is 90.4 Å². The van der Waals surface area contributed by atoms with Crippen LogP contribution >= 0.6 is 0 Å². The third kappa shape index (κ3) is 6.68. The first-order valence-corrected chi connectivity index (χ1v) is 13.6. The molecule has 2 atom stereocenters. The first-order chi connectivity index (χ1) is 20.5. The SMILES string of the molecule is CCOC(=O)c1ccc2c(c1)OC(C(=O)C1C=C(OCc3ccc(OC)cc3)C(OCc3ccc(OC)cc3)=CC1)O2. The number of Topliss-reactive ketones (excluding diaryl/α,β-unsaturated/α-hetero) is 1. The van der Waals surface area contributed by atoms with Gasteiger partial charge in [0.05, 0.1) is 32.3 Å². The Morgan fingerprint density at radius 2 is 1.38 bits per heavy atom. The Kier molecular flexibility index (Phi) is 8.96. The third-order valence-corrected chi connectivity index (χ3v) is 6.78. The van der Waals surface area contributed by atoms with E-state index in [9.17, 15) is 9.59 Å². The van der Waals surface area contributed by atoms with Crippen LogP contribution in [0.4, 0.5) is 0 Å². The summed E-state index contributed by atoms with van der Waals surface area (Å²) < 4.78 is 39.4. The Balaban J connectivity index is 1.29. The van der Waals surface area contributed by atoms with Gasteiger partial charge in [-0.3, -0.25) is 4.79 Å². The topological polar surface area (TPSA) is 98.8 Å². The van der Waals surface area contributed by atoms with Crippen molar-refractivity contribution in [1.82, 2.24) is 0 Å². The Hall–Kier alpha value is -4.92. The van der Waals surface area contributed by atoms with E-state index in [1.54, 1.807) is 39.4 Å². The number of ketones is 1. The first-order valence-electron chi connectivity index (χ1n) is 13.6. The van der Waals surface area contributed by atoms with Crippen LogP contribution in [-0.4, -0.2) is 38.9 Å². The van der Waals surface area contributed by atoms with E-state index in [2.05, 4.69) is 0 Å². The molecule has 0 saturated heterocycles. The summed E-state index contributed by atoms with van der Waals surface area (Å²) in [5, 5.41) is 0. The lowest BCUT2D eigenvalue weighted by Crippen LogP contribution is -2.34. The van der Waals surface area contributed by atoms with E-state index in [-0.39, 0.29) is 19.0 Å². The highest BCUT2D eigenvalue weighted by Gasteiger charge is 2.36. The van der Waals surface area contributed by atoms with Crippen LogP contribution in [0.3, 0.4) is 0 Å². The Bertz CT molecular complexity index is 1470. The highest BCUT2D eigenvalue weighted by atomic mass is 16.7. The largest absolute Gasteiger partial charge is 0.497 e. The van der Waals surface area contributed by atoms with Crippen molar-refractivity contribution in [3.05, 3.63) is 107 Å². The summed E-state index contributed by atoms with van der Waals surface area (Å²) in [5.74, 6) is 1.87. The van der Waals surface area contributed by atoms with Gasteiger partial charge in [-0.1, -0.05) is 24.3 Å². The lowest BCUT2D eigenvalue weighted by atomic mass is 9.94. The summed E-state index contributed by atoms with van der Waals surface area (Å²) in [6, 6.07) is 19.8. The lowest BCUT2D eigenvalue weighted by Gasteiger charge is -2.23. The van der Waals surface area contributed by atoms with Crippen LogP contribution in [0.2, 0.25) is 0 Å². The van der Waals surface area contributed by atoms with E-state index in [0.29, 0.717) is 41.6 Å². The molecule has 2 unspecified atom stereocenters. The summed E-state index contributed by atoms with van der Waals surface area (Å²) >= 11 is 0. The van der Waals surface area contributed by atoms with Crippen molar-refractivity contribution in [2.24, 2.45) is 5.92 Å². The molecule has 3 aromatic carbocycles. The number of ether oxygens (including phenoxy) is 7. The fourth-order valence-electron chi connectivity index (χ4n) is 4.47. The number of hydrogen-bond donors (Lipinski definition) is 0. The summed E-state index contributed by atoms with van der Waals surface area (Å²) in [6.07, 6.45) is 2.81. The zero-order valence-corrected chi connectivity index (χ0v) is 23.7. The van der Waals surface area contributed by atoms with Gasteiger partial charge in [0, 0.05) is 0 Å². The van der Waals surface area contributed by atoms with Gasteiger partial charge in [-0.15, -0.1) is 0 Å². The molecule has 218 valence electrons. The molecule has 2 aliphatic rings. The molecule has 0 amide bonds. The molecule has 0 N–H and O–H groups in total. The molecule has 5 rings (SSSR count). The minimum absolute atomic E-state index is 0.255. The molecular weight excluding hydrogens is 540 g/mol. The third-order valence-electron chi connectivity index (χ3n) is 6.78. The van der Waals surface area contributed by atoms with Crippen LogP contribution in [0.25, 0.3) is 0 Å². The number of benzene rings is 3. The molecule has 0 saturated carbocycles. The fourth-order valence-corrected chi connectivity index (χ4v) is 4.47. The van der Waals surface area contributed by atoms with Crippen LogP contribution in [0, 0.1) is 5.92 Å². The number of esters is 1. The number of carbonyl (C=O) groups excluding carboxylic acids is 2. The van der Waals surface area contributed by atoms with E-state index >= 15 is 0 Å². The number of fused-ring (bicyclic) bond motifs is 1. The zero-order valence-electron chi connectivity index (χ0n) is 23.7. The predicted octanol–water partition coefficient (Wildman–Crippen LogP) is 5.77. The van der Waals surface area contributed by atoms with Crippen molar-refractivity contribution >= 4 is 11.8 Å². The summed E-state index contributed by atoms with van der Waals surface area (Å²) in [4.78, 5) is 25.6. The number of methoxy groups -OCH3 is 2. The molecule has 0 spiro atoms. The summed E-state index contributed by atoms with van der Waals surface area (Å²) in [7, 11) is 3.23. The predicted molar refractivity (Wildman–Crippen MR) is 152 cm³/mol. The fraction of sp³-hybridized carbons (Fsp3) is 0.273. The maximum Gasteiger partial charge on any atom is 0.338 e. The average Bonchev–Trinajstić information content (AvgIpc) is 3.47. The minimum Gasteiger partial charge on any atom is -0.497 e. The van der Waals surface area contributed by atoms with E-state index in [1.165, 1.54) is 6.07 Å². The molecule has 9 heteroatoms. The number of allylic oxidation sites excluding steroid dienone is 2. The maximum atomic E-state index is 13.5. The van der Waals surface area contributed by atoms with Gasteiger partial charge in [0.15, 0.2) is 23.0 Å². The Morgan fingerprint density at radius 1 is 0.786 bits per heavy atom. The monoisotopic (exact) mass is 572 g/mol. The maximum absolute atomic E-state index is 13.5. The van der Waals surface area contributed by atoms with Crippen molar-refractivity contribution in [2.75, 3.05) is 20.8 Å². The molecule has 0 radical (unpaired) electrons. The van der Waals surface area contributed by atoms with E-state index in [1.807, 2.05) is 54.6 Å². The van der Waals surface area contributed by atoms with E-state index in [4.69, 9.17) is 33.2 Å². The van der Waals surface area contributed by atoms with Gasteiger partial charge in [-0.2, -0.15) is 0 Å². The molecular formula is C33H32O9. The van der Waals surface area contributed by atoms with Gasteiger partial charge in [0.1, 0.15) is 24.7 Å². The number of carbonyl (C=O) groups is 2. The van der Waals surface area contributed by atoms with Crippen molar-refractivity contribution in [3.8, 4) is 23.0 Å². The van der Waals surface area contributed by atoms with E-state index in [0.717, 1.165) is 22.6 Å². The molecule has 0 bridgehead atoms. The van der Waals surface area contributed by atoms with Gasteiger partial charge in [0.25, 0.3) is 0 Å². The Labute approximate surface area is 244 Å². The molecule has 0 fully saturated rings. The number of hydrogen-bond acceptors (Lipinski definition) is 9. The molecule has 0 aromatic heterocycles. The van der Waals surface area contributed by atoms with Crippen LogP contribution in [-0.2, 0) is 32.2 Å². The van der Waals surface area contributed by atoms with Gasteiger partial charge < -0.3 is 33.2 Å². The second-order valence-corrected chi connectivity index (χ2v) is 9.57. The minimum atomic E-state index is -1.16. The van der Waals surface area contributed by atoms with Crippen LogP contribution in [0.5, 0.6) is 23.0 Å². The quantitative estimate of drug-likeness (QED) is 0.251. The van der Waals surface area contributed by atoms with Gasteiger partial charge >= 0.3 is 12.3 Å². The standard InChI is InChI=1S/C33H32O9/c1-4-38-32(35)24-10-16-28-30(18-24)42-33(41-28)31(34)23-9-15-27(39-19-21-5-11-25(36-2)12-6-21)29(17-23)40-20-22-7-13-26(37-3)14-8-22/h5-8,10-18,23,33H,4,9,19-20H2,1-3H3. The highest BCUT2D eigenvalue weighted by molar-refractivity contribution is 5.91. The van der Waals surface area contributed by atoms with Crippen molar-refractivity contribution in [2.45, 2.75) is 32.8 Å². The van der Waals surface area contributed by atoms with Gasteiger partial charge in [-0.05, 0) is 79.1 Å². The molecule has 1 aliphatic carbocycles. The van der Waals surface area contributed by atoms with Gasteiger partial charge in [-0.25, -0.2) is 4.79 Å². The van der Waals surface area contributed by atoms with Gasteiger partial charge in [0.2, 0.25) is 5.78 Å². The lowest BCUT2D eigenvalue weighted by molar-refractivity contribution is -0.137. The normalized spacial score (nSPS) is 17.0. The van der Waals surface area contributed by atoms with Crippen molar-refractivity contribution in [3.63, 3.8) is 0 Å². The Morgan fingerprint density at radius 3 is 1.98 bits per heavy atom. The molecule has 9 nitrogen and oxygen atoms in total. The second-order valence-electron chi connectivity index (χ2n) is 9.57. The second kappa shape index (κ2) is 13.2. The molecule has 1 heterocycles. The van der Waals surface area contributed by atoms with Crippen molar-refractivity contribution in [1.29, 1.82) is 0 Å². The summed E-state index contributed by atoms with van der Waals surface area (Å²) in [6.45, 7) is 2.56. The van der Waals surface area contributed by atoms with Crippen LogP contribution < -0.4 is 18.9 Å². The van der Waals surface area contributed by atoms with E-state index < -0.39 is 18.2 Å². The molecule has 3 aromatic rings. The molecule has 1 aliphatic heterocycles. The first kappa shape index (κ1) is 28.6. The van der Waals surface area contributed by atoms with Crippen LogP contribution in [0.1, 0.15) is 34.8 Å². The highest BCUT2D eigenvalue weighted by Crippen LogP contribution is 2.38. The number of rotatable bonds is 12. The van der Waals surface area contributed by atoms with Crippen molar-refractivity contribution < 1.29 is 42.7 Å².